The molecule has 3 nitrogen and oxygen atoms in total. The molecule has 0 aliphatic carbocycles. The molecular weight excluding hydrogens is 214 g/mol. The smallest absolute Gasteiger partial charge is 0.410 e. The van der Waals surface area contributed by atoms with Crippen LogP contribution in [0.15, 0.2) is 42.0 Å². The highest BCUT2D eigenvalue weighted by Crippen LogP contribution is 2.11. The predicted molar refractivity (Wildman–Crippen MR) is 66.6 cm³/mol. The predicted octanol–water partition coefficient (Wildman–Crippen LogP) is 2.98. The van der Waals surface area contributed by atoms with Crippen molar-refractivity contribution >= 4 is 6.09 Å². The normalized spacial score (nSPS) is 15.4. The molecule has 2 rings (SSSR count). The Morgan fingerprint density at radius 1 is 1.35 bits per heavy atom. The van der Waals surface area contributed by atoms with E-state index in [2.05, 4.69) is 6.08 Å². The van der Waals surface area contributed by atoms with E-state index < -0.39 is 0 Å². The molecule has 0 bridgehead atoms. The summed E-state index contributed by atoms with van der Waals surface area (Å²) in [7, 11) is 0. The largest absolute Gasteiger partial charge is 0.445 e. The number of rotatable bonds is 2. The zero-order chi connectivity index (χ0) is 12.1. The number of hydrogen-bond acceptors (Lipinski definition) is 2. The summed E-state index contributed by atoms with van der Waals surface area (Å²) >= 11 is 0. The lowest BCUT2D eigenvalue weighted by Gasteiger charge is -2.25. The molecule has 1 aromatic carbocycles. The summed E-state index contributed by atoms with van der Waals surface area (Å²) in [6.07, 6.45) is 2.87. The molecule has 1 aliphatic heterocycles. The van der Waals surface area contributed by atoms with Crippen molar-refractivity contribution in [1.29, 1.82) is 0 Å². The maximum Gasteiger partial charge on any atom is 0.410 e. The van der Waals surface area contributed by atoms with Crippen molar-refractivity contribution in [2.45, 2.75) is 20.0 Å². The molecule has 0 aromatic heterocycles. The fourth-order valence-electron chi connectivity index (χ4n) is 1.88. The quantitative estimate of drug-likeness (QED) is 0.732. The molecule has 1 heterocycles. The second kappa shape index (κ2) is 5.53. The van der Waals surface area contributed by atoms with E-state index in [4.69, 9.17) is 4.74 Å². The first kappa shape index (κ1) is 11.7. The molecule has 3 heteroatoms. The van der Waals surface area contributed by atoms with E-state index >= 15 is 0 Å². The number of carbonyl (C=O) groups is 1. The highest BCUT2D eigenvalue weighted by atomic mass is 16.6. The van der Waals surface area contributed by atoms with Crippen LogP contribution in [0, 0.1) is 0 Å². The summed E-state index contributed by atoms with van der Waals surface area (Å²) in [6, 6.07) is 9.74. The molecule has 0 fully saturated rings. The lowest BCUT2D eigenvalue weighted by atomic mass is 10.1. The number of hydrogen-bond donors (Lipinski definition) is 0. The summed E-state index contributed by atoms with van der Waals surface area (Å²) in [5.41, 5.74) is 2.25. The summed E-state index contributed by atoms with van der Waals surface area (Å²) in [5.74, 6) is 0. The number of ether oxygens (including phenoxy) is 1. The van der Waals surface area contributed by atoms with Gasteiger partial charge in [0.15, 0.2) is 0 Å². The standard InChI is InChI=1S/C14H17NO2/c1-12-6-5-9-15(10-12)14(16)17-11-13-7-3-2-4-8-13/h2-4,6-8H,5,9-11H2,1H3. The molecule has 0 saturated heterocycles. The molecule has 0 unspecified atom stereocenters. The lowest BCUT2D eigenvalue weighted by Crippen LogP contribution is -2.35. The molecule has 1 amide bonds. The minimum Gasteiger partial charge on any atom is -0.445 e. The molecule has 17 heavy (non-hydrogen) atoms. The van der Waals surface area contributed by atoms with Gasteiger partial charge < -0.3 is 9.64 Å². The van der Waals surface area contributed by atoms with Gasteiger partial charge >= 0.3 is 6.09 Å². The molecule has 1 aliphatic rings. The third-order valence-electron chi connectivity index (χ3n) is 2.80. The summed E-state index contributed by atoms with van der Waals surface area (Å²) in [6.45, 7) is 3.83. The van der Waals surface area contributed by atoms with Crippen molar-refractivity contribution < 1.29 is 9.53 Å². The van der Waals surface area contributed by atoms with E-state index in [1.807, 2.05) is 37.3 Å². The monoisotopic (exact) mass is 231 g/mol. The summed E-state index contributed by atoms with van der Waals surface area (Å²) < 4.78 is 5.28. The van der Waals surface area contributed by atoms with Crippen LogP contribution in [-0.4, -0.2) is 24.1 Å². The van der Waals surface area contributed by atoms with E-state index in [1.165, 1.54) is 5.57 Å². The zero-order valence-corrected chi connectivity index (χ0v) is 10.1. The topological polar surface area (TPSA) is 29.5 Å². The number of carbonyl (C=O) groups excluding carboxylic acids is 1. The average molecular weight is 231 g/mol. The van der Waals surface area contributed by atoms with Gasteiger partial charge in [-0.05, 0) is 18.9 Å². The van der Waals surface area contributed by atoms with Crippen LogP contribution < -0.4 is 0 Å². The maximum absolute atomic E-state index is 11.8. The Bertz CT molecular complexity index is 411. The highest BCUT2D eigenvalue weighted by molar-refractivity contribution is 5.68. The van der Waals surface area contributed by atoms with Crippen LogP contribution in [0.4, 0.5) is 4.79 Å². The first-order chi connectivity index (χ1) is 8.25. The Morgan fingerprint density at radius 3 is 2.82 bits per heavy atom. The molecule has 0 N–H and O–H groups in total. The van der Waals surface area contributed by atoms with Gasteiger partial charge in [0.25, 0.3) is 0 Å². The number of nitrogens with zero attached hydrogens (tertiary/aromatic N) is 1. The van der Waals surface area contributed by atoms with E-state index in [0.717, 1.165) is 18.5 Å². The van der Waals surface area contributed by atoms with Gasteiger partial charge in [-0.2, -0.15) is 0 Å². The molecule has 0 saturated carbocycles. The number of benzene rings is 1. The van der Waals surface area contributed by atoms with Crippen LogP contribution in [0.5, 0.6) is 0 Å². The number of amides is 1. The molecule has 0 radical (unpaired) electrons. The van der Waals surface area contributed by atoms with E-state index in [0.29, 0.717) is 13.2 Å². The van der Waals surface area contributed by atoms with Crippen LogP contribution >= 0.6 is 0 Å². The van der Waals surface area contributed by atoms with Crippen molar-refractivity contribution in [3.8, 4) is 0 Å². The summed E-state index contributed by atoms with van der Waals surface area (Å²) in [4.78, 5) is 13.5. The van der Waals surface area contributed by atoms with Crippen molar-refractivity contribution in [2.24, 2.45) is 0 Å². The van der Waals surface area contributed by atoms with Crippen LogP contribution in [0.1, 0.15) is 18.9 Å². The Hall–Kier alpha value is -1.77. The second-order valence-electron chi connectivity index (χ2n) is 4.30. The maximum atomic E-state index is 11.8. The van der Waals surface area contributed by atoms with Gasteiger partial charge in [-0.3, -0.25) is 0 Å². The average Bonchev–Trinajstić information content (AvgIpc) is 2.37. The molecular formula is C14H17NO2. The van der Waals surface area contributed by atoms with Gasteiger partial charge in [0, 0.05) is 13.1 Å². The first-order valence-electron chi connectivity index (χ1n) is 5.87. The second-order valence-corrected chi connectivity index (χ2v) is 4.30. The third kappa shape index (κ3) is 3.34. The Balaban J connectivity index is 1.84. The lowest BCUT2D eigenvalue weighted by molar-refractivity contribution is 0.0984. The minimum atomic E-state index is -0.221. The zero-order valence-electron chi connectivity index (χ0n) is 10.1. The highest BCUT2D eigenvalue weighted by Gasteiger charge is 2.17. The fraction of sp³-hybridized carbons (Fsp3) is 0.357. The third-order valence-corrected chi connectivity index (χ3v) is 2.80. The van der Waals surface area contributed by atoms with Crippen LogP contribution in [0.25, 0.3) is 0 Å². The molecule has 0 spiro atoms. The first-order valence-corrected chi connectivity index (χ1v) is 5.87. The Labute approximate surface area is 102 Å². The van der Waals surface area contributed by atoms with Gasteiger partial charge in [-0.1, -0.05) is 42.0 Å². The van der Waals surface area contributed by atoms with Crippen molar-refractivity contribution in [2.75, 3.05) is 13.1 Å². The SMILES string of the molecule is CC1=CCCN(C(=O)OCc2ccccc2)C1. The van der Waals surface area contributed by atoms with Gasteiger partial charge in [0.2, 0.25) is 0 Å². The van der Waals surface area contributed by atoms with Crippen molar-refractivity contribution in [1.82, 2.24) is 4.90 Å². The Kier molecular flexibility index (Phi) is 3.81. The van der Waals surface area contributed by atoms with Gasteiger partial charge in [-0.25, -0.2) is 4.79 Å². The van der Waals surface area contributed by atoms with Crippen molar-refractivity contribution in [3.63, 3.8) is 0 Å². The van der Waals surface area contributed by atoms with Gasteiger partial charge in [0.1, 0.15) is 6.61 Å². The minimum absolute atomic E-state index is 0.221. The van der Waals surface area contributed by atoms with E-state index in [9.17, 15) is 4.79 Å². The van der Waals surface area contributed by atoms with E-state index in [-0.39, 0.29) is 6.09 Å². The molecule has 90 valence electrons. The van der Waals surface area contributed by atoms with Crippen molar-refractivity contribution in [3.05, 3.63) is 47.5 Å². The summed E-state index contributed by atoms with van der Waals surface area (Å²) in [5, 5.41) is 0. The van der Waals surface area contributed by atoms with Crippen LogP contribution in [0.3, 0.4) is 0 Å². The van der Waals surface area contributed by atoms with Crippen LogP contribution in [-0.2, 0) is 11.3 Å². The van der Waals surface area contributed by atoms with Gasteiger partial charge in [0.05, 0.1) is 0 Å². The Morgan fingerprint density at radius 2 is 2.12 bits per heavy atom. The fourth-order valence-corrected chi connectivity index (χ4v) is 1.88. The molecule has 1 aromatic rings. The van der Waals surface area contributed by atoms with E-state index in [1.54, 1.807) is 4.90 Å². The van der Waals surface area contributed by atoms with Gasteiger partial charge in [-0.15, -0.1) is 0 Å². The molecule has 0 atom stereocenters. The van der Waals surface area contributed by atoms with Crippen LogP contribution in [0.2, 0.25) is 0 Å².